The Labute approximate surface area is 286 Å². The number of nitrogens with two attached hydrogens (primary N) is 1. The zero-order chi connectivity index (χ0) is 35.2. The van der Waals surface area contributed by atoms with E-state index in [2.05, 4.69) is 30.2 Å². The molecule has 3 heterocycles. The number of hydrogen-bond acceptors (Lipinski definition) is 16. The van der Waals surface area contributed by atoms with E-state index in [0.717, 1.165) is 6.07 Å². The molecular formula is C22H11Cl4N7O12S3. The first-order valence-electron chi connectivity index (χ1n) is 12.0. The lowest BCUT2D eigenvalue weighted by Gasteiger charge is -2.27. The van der Waals surface area contributed by atoms with Crippen LogP contribution in [0.4, 0.5) is 23.0 Å². The van der Waals surface area contributed by atoms with Crippen LogP contribution >= 0.6 is 46.4 Å². The monoisotopic (exact) mass is 801 g/mol. The summed E-state index contributed by atoms with van der Waals surface area (Å²) in [4.78, 5) is 16.0. The van der Waals surface area contributed by atoms with E-state index in [1.807, 2.05) is 0 Å². The maximum atomic E-state index is 12.7. The number of hydrogen-bond donors (Lipinski definition) is 5. The largest absolute Gasteiger partial charge is 0.494 e. The van der Waals surface area contributed by atoms with E-state index < -0.39 is 111 Å². The summed E-state index contributed by atoms with van der Waals surface area (Å²) in [6.45, 7) is 0. The van der Waals surface area contributed by atoms with E-state index >= 15 is 0 Å². The van der Waals surface area contributed by atoms with Gasteiger partial charge in [-0.15, -0.1) is 0 Å². The highest BCUT2D eigenvalue weighted by Gasteiger charge is 2.37. The molecular weight excluding hydrogens is 792 g/mol. The second-order valence-corrected chi connectivity index (χ2v) is 14.8. The third kappa shape index (κ3) is 5.68. The number of ether oxygens (including phenoxy) is 2. The molecule has 1 aromatic heterocycles. The molecule has 26 heteroatoms. The molecule has 252 valence electrons. The van der Waals surface area contributed by atoms with Crippen LogP contribution in [0.25, 0.3) is 22.6 Å². The van der Waals surface area contributed by atoms with Gasteiger partial charge in [0.25, 0.3) is 26.2 Å². The van der Waals surface area contributed by atoms with Crippen molar-refractivity contribution in [2.24, 2.45) is 4.99 Å². The van der Waals surface area contributed by atoms with Crippen molar-refractivity contribution in [3.05, 3.63) is 38.1 Å². The maximum Gasteiger partial charge on any atom is 0.300 e. The van der Waals surface area contributed by atoms with Crippen LogP contribution in [0.3, 0.4) is 0 Å². The van der Waals surface area contributed by atoms with Gasteiger partial charge in [-0.2, -0.15) is 40.2 Å². The summed E-state index contributed by atoms with van der Waals surface area (Å²) < 4.78 is 121. The highest BCUT2D eigenvalue weighted by Crippen LogP contribution is 2.56. The number of anilines is 3. The van der Waals surface area contributed by atoms with Crippen LogP contribution in [-0.4, -0.2) is 66.0 Å². The average Bonchev–Trinajstić information content (AvgIpc) is 2.95. The van der Waals surface area contributed by atoms with Gasteiger partial charge in [-0.3, -0.25) is 13.7 Å². The van der Waals surface area contributed by atoms with E-state index in [9.17, 15) is 38.9 Å². The van der Waals surface area contributed by atoms with Gasteiger partial charge in [0.1, 0.15) is 31.8 Å². The minimum absolute atomic E-state index is 0.207. The Kier molecular flexibility index (Phi) is 8.06. The number of halogens is 4. The molecule has 0 spiro atoms. The molecule has 2 aliphatic heterocycles. The van der Waals surface area contributed by atoms with Crippen molar-refractivity contribution in [3.8, 4) is 28.7 Å². The third-order valence-corrected chi connectivity index (χ3v) is 10.1. The first-order valence-corrected chi connectivity index (χ1v) is 17.9. The SMILES string of the molecule is COc1cc(=Nc2nc(Cl)nc(Cl)n2)c(S(=O)(=O)O)c2oc3c(Cl)c4c(c(Cl)c3nc1-2)Oc1c(cc(S(=O)(=O)O)c(N)c1S(=O)(=O)O)N4. The molecule has 0 fully saturated rings. The Bertz CT molecular complexity index is 2640. The molecule has 0 atom stereocenters. The number of methoxy groups -OCH3 is 1. The van der Waals surface area contributed by atoms with Crippen LogP contribution in [0.1, 0.15) is 0 Å². The molecule has 0 saturated carbocycles. The number of aromatic nitrogens is 4. The topological polar surface area (TPSA) is 297 Å². The second kappa shape index (κ2) is 11.4. The molecule has 0 unspecified atom stereocenters. The fourth-order valence-electron chi connectivity index (χ4n) is 4.54. The van der Waals surface area contributed by atoms with Crippen molar-refractivity contribution < 1.29 is 52.8 Å². The normalized spacial score (nSPS) is 13.6. The van der Waals surface area contributed by atoms with Crippen LogP contribution in [0.15, 0.2) is 36.2 Å². The van der Waals surface area contributed by atoms with Gasteiger partial charge in [-0.1, -0.05) is 23.2 Å². The van der Waals surface area contributed by atoms with E-state index in [1.165, 1.54) is 7.11 Å². The first-order chi connectivity index (χ1) is 22.2. The van der Waals surface area contributed by atoms with Gasteiger partial charge in [0.05, 0.1) is 23.8 Å². The van der Waals surface area contributed by atoms with Crippen molar-refractivity contribution in [1.82, 2.24) is 19.9 Å². The summed E-state index contributed by atoms with van der Waals surface area (Å²) in [6.07, 6.45) is 0. The molecule has 0 saturated heterocycles. The lowest BCUT2D eigenvalue weighted by Crippen LogP contribution is -2.19. The summed E-state index contributed by atoms with van der Waals surface area (Å²) in [6, 6.07) is 1.69. The number of benzene rings is 3. The van der Waals surface area contributed by atoms with Gasteiger partial charge in [0.15, 0.2) is 38.4 Å². The lowest BCUT2D eigenvalue weighted by molar-refractivity contribution is 0.410. The van der Waals surface area contributed by atoms with Crippen LogP contribution < -0.4 is 25.9 Å². The standard InChI is InChI=1S/C22H11Cl4N7O12S3/c1-43-6-2-5(29-22-32-20(25)31-21(26)33-22)18(47(37,38)39)17-11(6)30-13-9(24)15-12(8(23)16(13)45-17)28-4-3-7(46(34,35)36)10(27)19(14(4)44-15)48(40,41)42/h2-3,28H,27H2,1H3,(H,34,35,36)(H,37,38,39)(H,40,41,42). The number of nitrogen functional groups attached to an aromatic ring is 1. The highest BCUT2D eigenvalue weighted by atomic mass is 35.5. The molecule has 6 rings (SSSR count). The Hall–Kier alpha value is -3.84. The van der Waals surface area contributed by atoms with Gasteiger partial charge < -0.3 is 24.9 Å². The van der Waals surface area contributed by atoms with Crippen LogP contribution in [0.5, 0.6) is 17.2 Å². The third-order valence-electron chi connectivity index (χ3n) is 6.35. The summed E-state index contributed by atoms with van der Waals surface area (Å²) in [7, 11) is -14.6. The molecule has 2 aromatic carbocycles. The Morgan fingerprint density at radius 3 is 2.04 bits per heavy atom. The molecule has 3 aromatic rings. The van der Waals surface area contributed by atoms with Gasteiger partial charge >= 0.3 is 10.1 Å². The fraction of sp³-hybridized carbons (Fsp3) is 0.0455. The minimum Gasteiger partial charge on any atom is -0.494 e. The Balaban J connectivity index is 1.70. The van der Waals surface area contributed by atoms with Gasteiger partial charge in [0, 0.05) is 6.07 Å². The molecule has 48 heavy (non-hydrogen) atoms. The van der Waals surface area contributed by atoms with E-state index in [-0.39, 0.29) is 22.6 Å². The zero-order valence-electron chi connectivity index (χ0n) is 22.7. The quantitative estimate of drug-likeness (QED) is 0.0929. The Morgan fingerprint density at radius 1 is 0.854 bits per heavy atom. The van der Waals surface area contributed by atoms with E-state index in [4.69, 9.17) is 66.0 Å². The van der Waals surface area contributed by atoms with E-state index in [1.54, 1.807) is 0 Å². The van der Waals surface area contributed by atoms with Crippen molar-refractivity contribution in [1.29, 1.82) is 0 Å². The van der Waals surface area contributed by atoms with Crippen LogP contribution in [0.2, 0.25) is 20.6 Å². The summed E-state index contributed by atoms with van der Waals surface area (Å²) in [5.41, 5.74) is 2.60. The molecule has 0 amide bonds. The van der Waals surface area contributed by atoms with Crippen molar-refractivity contribution in [2.75, 3.05) is 18.2 Å². The number of rotatable bonds is 5. The zero-order valence-corrected chi connectivity index (χ0v) is 28.2. The molecule has 6 N–H and O–H groups in total. The number of fused-ring (bicyclic) bond motifs is 4. The van der Waals surface area contributed by atoms with Crippen LogP contribution in [-0.2, 0) is 30.4 Å². The van der Waals surface area contributed by atoms with Gasteiger partial charge in [-0.25, -0.2) is 9.98 Å². The molecule has 3 aliphatic rings. The summed E-state index contributed by atoms with van der Waals surface area (Å²) in [5.74, 6) is -2.57. The number of nitrogens with one attached hydrogen (secondary N) is 1. The fourth-order valence-corrected chi connectivity index (χ4v) is 7.64. The maximum absolute atomic E-state index is 12.7. The first kappa shape index (κ1) is 34.0. The van der Waals surface area contributed by atoms with Crippen molar-refractivity contribution in [2.45, 2.75) is 14.7 Å². The Morgan fingerprint density at radius 2 is 1.48 bits per heavy atom. The van der Waals surface area contributed by atoms with Crippen molar-refractivity contribution >= 4 is 111 Å². The molecule has 19 nitrogen and oxygen atoms in total. The summed E-state index contributed by atoms with van der Waals surface area (Å²) >= 11 is 24.8. The molecule has 1 aliphatic carbocycles. The molecule has 0 bridgehead atoms. The average molecular weight is 803 g/mol. The predicted molar refractivity (Wildman–Crippen MR) is 166 cm³/mol. The van der Waals surface area contributed by atoms with Crippen LogP contribution in [0, 0.1) is 0 Å². The molecule has 0 radical (unpaired) electrons. The van der Waals surface area contributed by atoms with E-state index in [0.29, 0.717) is 6.07 Å². The van der Waals surface area contributed by atoms with Crippen molar-refractivity contribution in [3.63, 3.8) is 0 Å². The number of nitrogens with zero attached hydrogens (tertiary/aromatic N) is 5. The van der Waals surface area contributed by atoms with Gasteiger partial charge in [-0.05, 0) is 29.3 Å². The van der Waals surface area contributed by atoms with Gasteiger partial charge in [0.2, 0.25) is 10.6 Å². The minimum atomic E-state index is -5.32. The second-order valence-electron chi connectivity index (χ2n) is 9.26. The highest BCUT2D eigenvalue weighted by molar-refractivity contribution is 7.87. The smallest absolute Gasteiger partial charge is 0.300 e. The summed E-state index contributed by atoms with van der Waals surface area (Å²) in [5, 5.41) is 0.302. The lowest BCUT2D eigenvalue weighted by atomic mass is 10.1. The predicted octanol–water partition coefficient (Wildman–Crippen LogP) is 4.14.